The second-order valence-corrected chi connectivity index (χ2v) is 8.38. The largest absolute Gasteiger partial charge is 0.378 e. The molecule has 1 saturated heterocycles. The topological polar surface area (TPSA) is 59.5 Å². The van der Waals surface area contributed by atoms with Crippen molar-refractivity contribution < 1.29 is 13.2 Å². The van der Waals surface area contributed by atoms with E-state index in [1.807, 2.05) is 26.0 Å². The van der Waals surface area contributed by atoms with Crippen LogP contribution in [0.1, 0.15) is 44.7 Å². The fraction of sp³-hybridized carbons (Fsp3) is 0.688. The van der Waals surface area contributed by atoms with Gasteiger partial charge in [-0.05, 0) is 36.8 Å². The van der Waals surface area contributed by atoms with Crippen molar-refractivity contribution in [1.82, 2.24) is 9.29 Å². The van der Waals surface area contributed by atoms with Crippen LogP contribution in [0.15, 0.2) is 24.5 Å². The van der Waals surface area contributed by atoms with Crippen LogP contribution in [0, 0.1) is 5.92 Å². The van der Waals surface area contributed by atoms with Gasteiger partial charge >= 0.3 is 0 Å². The Labute approximate surface area is 133 Å². The van der Waals surface area contributed by atoms with Crippen molar-refractivity contribution in [3.05, 3.63) is 30.1 Å². The van der Waals surface area contributed by atoms with Crippen molar-refractivity contribution in [2.75, 3.05) is 19.4 Å². The number of ether oxygens (including phenoxy) is 1. The van der Waals surface area contributed by atoms with Crippen molar-refractivity contribution in [3.63, 3.8) is 0 Å². The zero-order valence-electron chi connectivity index (χ0n) is 13.6. The minimum absolute atomic E-state index is 0.0964. The summed E-state index contributed by atoms with van der Waals surface area (Å²) in [6, 6.07) is 3.59. The first-order chi connectivity index (χ1) is 10.4. The van der Waals surface area contributed by atoms with Gasteiger partial charge in [-0.3, -0.25) is 4.98 Å². The molecule has 1 aliphatic rings. The summed E-state index contributed by atoms with van der Waals surface area (Å²) in [7, 11) is -1.65. The van der Waals surface area contributed by atoms with E-state index in [-0.39, 0.29) is 23.8 Å². The summed E-state index contributed by atoms with van der Waals surface area (Å²) < 4.78 is 32.3. The van der Waals surface area contributed by atoms with Crippen LogP contribution < -0.4 is 0 Å². The highest BCUT2D eigenvalue weighted by Crippen LogP contribution is 2.29. The van der Waals surface area contributed by atoms with E-state index in [9.17, 15) is 8.42 Å². The average molecular weight is 326 g/mol. The van der Waals surface area contributed by atoms with Crippen molar-refractivity contribution in [1.29, 1.82) is 0 Å². The van der Waals surface area contributed by atoms with Crippen LogP contribution in [-0.2, 0) is 14.8 Å². The molecule has 2 atom stereocenters. The summed E-state index contributed by atoms with van der Waals surface area (Å²) in [5.41, 5.74) is 0.931. The second kappa shape index (κ2) is 7.53. The molecule has 0 N–H and O–H groups in total. The number of rotatable bonds is 7. The van der Waals surface area contributed by atoms with E-state index in [0.717, 1.165) is 25.0 Å². The van der Waals surface area contributed by atoms with Gasteiger partial charge in [-0.25, -0.2) is 8.42 Å². The molecule has 124 valence electrons. The first-order valence-electron chi connectivity index (χ1n) is 7.89. The van der Waals surface area contributed by atoms with Gasteiger partial charge in [0.2, 0.25) is 10.0 Å². The van der Waals surface area contributed by atoms with Gasteiger partial charge in [0.05, 0.1) is 17.9 Å². The molecule has 6 heteroatoms. The van der Waals surface area contributed by atoms with E-state index in [1.54, 1.807) is 19.4 Å². The zero-order chi connectivity index (χ0) is 16.2. The van der Waals surface area contributed by atoms with Gasteiger partial charge in [0.15, 0.2) is 0 Å². The summed E-state index contributed by atoms with van der Waals surface area (Å²) in [4.78, 5) is 4.12. The Bertz CT molecular complexity index is 554. The third-order valence-corrected chi connectivity index (χ3v) is 6.07. The number of sulfonamides is 1. The van der Waals surface area contributed by atoms with E-state index in [1.165, 1.54) is 4.31 Å². The molecule has 22 heavy (non-hydrogen) atoms. The highest BCUT2D eigenvalue weighted by Gasteiger charge is 2.30. The highest BCUT2D eigenvalue weighted by molar-refractivity contribution is 7.89. The third kappa shape index (κ3) is 4.27. The monoisotopic (exact) mass is 326 g/mol. The molecule has 2 heterocycles. The highest BCUT2D eigenvalue weighted by atomic mass is 32.2. The van der Waals surface area contributed by atoms with E-state index in [2.05, 4.69) is 4.98 Å². The summed E-state index contributed by atoms with van der Waals surface area (Å²) in [6.07, 6.45) is 6.12. The molecular formula is C16H26N2O3S. The smallest absolute Gasteiger partial charge is 0.214 e. The Kier molecular flexibility index (Phi) is 5.94. The van der Waals surface area contributed by atoms with Gasteiger partial charge in [-0.1, -0.05) is 19.9 Å². The van der Waals surface area contributed by atoms with Crippen LogP contribution in [0.3, 0.4) is 0 Å². The van der Waals surface area contributed by atoms with Crippen LogP contribution in [0.4, 0.5) is 0 Å². The molecule has 0 bridgehead atoms. The number of pyridine rings is 1. The van der Waals surface area contributed by atoms with Crippen LogP contribution >= 0.6 is 0 Å². The summed E-state index contributed by atoms with van der Waals surface area (Å²) in [6.45, 7) is 4.82. The summed E-state index contributed by atoms with van der Waals surface area (Å²) >= 11 is 0. The predicted octanol–water partition coefficient (Wildman–Crippen LogP) is 2.61. The average Bonchev–Trinajstić information content (AvgIpc) is 2.99. The van der Waals surface area contributed by atoms with Crippen LogP contribution in [0.2, 0.25) is 0 Å². The van der Waals surface area contributed by atoms with Gasteiger partial charge in [0.1, 0.15) is 0 Å². The Balaban J connectivity index is 2.09. The second-order valence-electron chi connectivity index (χ2n) is 6.23. The molecule has 0 aliphatic carbocycles. The Morgan fingerprint density at radius 1 is 1.45 bits per heavy atom. The molecule has 5 nitrogen and oxygen atoms in total. The Morgan fingerprint density at radius 2 is 2.23 bits per heavy atom. The van der Waals surface area contributed by atoms with Crippen LogP contribution in [-0.4, -0.2) is 43.2 Å². The molecule has 1 aromatic heterocycles. The van der Waals surface area contributed by atoms with Gasteiger partial charge < -0.3 is 4.74 Å². The molecule has 0 saturated carbocycles. The molecular weight excluding hydrogens is 300 g/mol. The fourth-order valence-corrected chi connectivity index (χ4v) is 4.59. The van der Waals surface area contributed by atoms with E-state index in [0.29, 0.717) is 6.42 Å². The number of nitrogens with zero attached hydrogens (tertiary/aromatic N) is 2. The lowest BCUT2D eigenvalue weighted by molar-refractivity contribution is 0.108. The molecule has 1 fully saturated rings. The molecule has 1 aliphatic heterocycles. The quantitative estimate of drug-likeness (QED) is 0.773. The summed E-state index contributed by atoms with van der Waals surface area (Å²) in [5.74, 6) is 0.309. The Hall–Kier alpha value is -0.980. The Morgan fingerprint density at radius 3 is 2.77 bits per heavy atom. The molecule has 0 unspecified atom stereocenters. The van der Waals surface area contributed by atoms with E-state index >= 15 is 0 Å². The zero-order valence-corrected chi connectivity index (χ0v) is 14.4. The lowest BCUT2D eigenvalue weighted by Gasteiger charge is -2.31. The maximum absolute atomic E-state index is 12.7. The SMILES string of the molecule is CC(C)[C@H](c1cccnc1)N(C)S(=O)(=O)CC[C@H]1CCCO1. The van der Waals surface area contributed by atoms with Crippen molar-refractivity contribution in [2.45, 2.75) is 45.3 Å². The minimum Gasteiger partial charge on any atom is -0.378 e. The van der Waals surface area contributed by atoms with Crippen LogP contribution in [0.5, 0.6) is 0 Å². The lowest BCUT2D eigenvalue weighted by Crippen LogP contribution is -2.36. The van der Waals surface area contributed by atoms with Gasteiger partial charge in [-0.2, -0.15) is 4.31 Å². The predicted molar refractivity (Wildman–Crippen MR) is 87.0 cm³/mol. The lowest BCUT2D eigenvalue weighted by atomic mass is 9.98. The number of hydrogen-bond donors (Lipinski definition) is 0. The van der Waals surface area contributed by atoms with E-state index in [4.69, 9.17) is 4.74 Å². The number of aromatic nitrogens is 1. The summed E-state index contributed by atoms with van der Waals surface area (Å²) in [5, 5.41) is 0. The van der Waals surface area contributed by atoms with Crippen molar-refractivity contribution in [2.24, 2.45) is 5.92 Å². The molecule has 2 rings (SSSR count). The molecule has 0 amide bonds. The maximum Gasteiger partial charge on any atom is 0.214 e. The molecule has 1 aromatic rings. The normalized spacial score (nSPS) is 20.7. The standard InChI is InChI=1S/C16H26N2O3S/c1-13(2)16(14-6-4-9-17-12-14)18(3)22(19,20)11-8-15-7-5-10-21-15/h4,6,9,12-13,15-16H,5,7-8,10-11H2,1-3H3/t15-,16-/m1/s1. The first kappa shape index (κ1) is 17.4. The first-order valence-corrected chi connectivity index (χ1v) is 9.50. The van der Waals surface area contributed by atoms with Crippen molar-refractivity contribution in [3.8, 4) is 0 Å². The third-order valence-electron chi connectivity index (χ3n) is 4.21. The van der Waals surface area contributed by atoms with E-state index < -0.39 is 10.0 Å². The molecule has 0 radical (unpaired) electrons. The molecule has 0 aromatic carbocycles. The molecule has 0 spiro atoms. The van der Waals surface area contributed by atoms with Crippen molar-refractivity contribution >= 4 is 10.0 Å². The van der Waals surface area contributed by atoms with Gasteiger partial charge in [-0.15, -0.1) is 0 Å². The van der Waals surface area contributed by atoms with Gasteiger partial charge in [0, 0.05) is 26.0 Å². The maximum atomic E-state index is 12.7. The minimum atomic E-state index is -3.31. The number of hydrogen-bond acceptors (Lipinski definition) is 4. The fourth-order valence-electron chi connectivity index (χ4n) is 3.04. The van der Waals surface area contributed by atoms with Gasteiger partial charge in [0.25, 0.3) is 0 Å². The van der Waals surface area contributed by atoms with Crippen LogP contribution in [0.25, 0.3) is 0 Å².